The van der Waals surface area contributed by atoms with E-state index >= 15 is 0 Å². The second-order valence-electron chi connectivity index (χ2n) is 6.81. The number of nitrogens with one attached hydrogen (secondary N) is 1. The summed E-state index contributed by atoms with van der Waals surface area (Å²) in [4.78, 5) is 7.09. The van der Waals surface area contributed by atoms with Gasteiger partial charge in [0, 0.05) is 26.2 Å². The lowest BCUT2D eigenvalue weighted by Gasteiger charge is -2.47. The molecule has 0 amide bonds. The van der Waals surface area contributed by atoms with Crippen LogP contribution in [0, 0.1) is 0 Å². The maximum Gasteiger partial charge on any atom is 0.126 e. The van der Waals surface area contributed by atoms with Crippen LogP contribution in [0.4, 0.5) is 5.82 Å². The maximum atomic E-state index is 6.12. The van der Waals surface area contributed by atoms with E-state index in [0.29, 0.717) is 0 Å². The predicted octanol–water partition coefficient (Wildman–Crippen LogP) is 2.90. The molecule has 1 saturated heterocycles. The summed E-state index contributed by atoms with van der Waals surface area (Å²) in [6.45, 7) is 14.3. The van der Waals surface area contributed by atoms with Crippen LogP contribution in [0.25, 0.3) is 0 Å². The van der Waals surface area contributed by atoms with E-state index < -0.39 is 0 Å². The maximum absolute atomic E-state index is 6.12. The number of morpholine rings is 1. The molecule has 4 nitrogen and oxygen atoms in total. The van der Waals surface area contributed by atoms with E-state index in [2.05, 4.69) is 62.0 Å². The number of rotatable bonds is 4. The van der Waals surface area contributed by atoms with Crippen LogP contribution in [0.3, 0.4) is 0 Å². The molecule has 1 aliphatic heterocycles. The minimum atomic E-state index is -0.110. The van der Waals surface area contributed by atoms with Crippen molar-refractivity contribution < 1.29 is 4.74 Å². The minimum Gasteiger partial charge on any atom is -0.370 e. The monoisotopic (exact) mass is 277 g/mol. The molecule has 1 aromatic rings. The highest BCUT2D eigenvalue weighted by Gasteiger charge is 2.37. The summed E-state index contributed by atoms with van der Waals surface area (Å²) < 4.78 is 6.12. The molecule has 1 fully saturated rings. The Labute approximate surface area is 122 Å². The summed E-state index contributed by atoms with van der Waals surface area (Å²) in [7, 11) is 0. The zero-order valence-corrected chi connectivity index (χ0v) is 13.4. The van der Waals surface area contributed by atoms with Crippen molar-refractivity contribution in [1.29, 1.82) is 0 Å². The number of anilines is 1. The van der Waals surface area contributed by atoms with Gasteiger partial charge in [0.1, 0.15) is 5.82 Å². The van der Waals surface area contributed by atoms with Gasteiger partial charge in [0.15, 0.2) is 0 Å². The quantitative estimate of drug-likeness (QED) is 0.918. The van der Waals surface area contributed by atoms with Gasteiger partial charge in [-0.1, -0.05) is 6.07 Å². The molecular formula is C16H27N3O. The molecule has 112 valence electrons. The summed E-state index contributed by atoms with van der Waals surface area (Å²) in [5, 5.41) is 3.26. The van der Waals surface area contributed by atoms with Crippen LogP contribution < -0.4 is 5.32 Å². The Morgan fingerprint density at radius 3 is 2.45 bits per heavy atom. The lowest BCUT2D eigenvalue weighted by atomic mass is 9.99. The Balaban J connectivity index is 2.07. The fraction of sp³-hybridized carbons (Fsp3) is 0.688. The SMILES string of the molecule is CCNc1cccc(CN2CC(C)(C)OC(C)(C)C2)n1. The summed E-state index contributed by atoms with van der Waals surface area (Å²) in [6.07, 6.45) is 0. The molecule has 20 heavy (non-hydrogen) atoms. The van der Waals surface area contributed by atoms with Crippen molar-refractivity contribution in [1.82, 2.24) is 9.88 Å². The lowest BCUT2D eigenvalue weighted by Crippen LogP contribution is -2.56. The van der Waals surface area contributed by atoms with Crippen LogP contribution in [-0.2, 0) is 11.3 Å². The molecule has 2 heterocycles. The average Bonchev–Trinajstić information content (AvgIpc) is 2.25. The Hall–Kier alpha value is -1.13. The lowest BCUT2D eigenvalue weighted by molar-refractivity contribution is -0.182. The van der Waals surface area contributed by atoms with Crippen molar-refractivity contribution in [3.05, 3.63) is 23.9 Å². The molecule has 0 aliphatic carbocycles. The normalized spacial score (nSPS) is 21.6. The zero-order chi connectivity index (χ0) is 14.8. The van der Waals surface area contributed by atoms with Crippen molar-refractivity contribution in [2.75, 3.05) is 25.0 Å². The Kier molecular flexibility index (Phi) is 4.35. The predicted molar refractivity (Wildman–Crippen MR) is 82.9 cm³/mol. The van der Waals surface area contributed by atoms with Gasteiger partial charge in [-0.15, -0.1) is 0 Å². The molecule has 0 unspecified atom stereocenters. The Morgan fingerprint density at radius 2 is 1.85 bits per heavy atom. The second-order valence-corrected chi connectivity index (χ2v) is 6.81. The van der Waals surface area contributed by atoms with Crippen LogP contribution >= 0.6 is 0 Å². The highest BCUT2D eigenvalue weighted by atomic mass is 16.5. The molecule has 2 rings (SSSR count). The number of pyridine rings is 1. The van der Waals surface area contributed by atoms with E-state index in [-0.39, 0.29) is 11.2 Å². The first-order valence-corrected chi connectivity index (χ1v) is 7.42. The first-order valence-electron chi connectivity index (χ1n) is 7.42. The highest BCUT2D eigenvalue weighted by molar-refractivity contribution is 5.35. The summed E-state index contributed by atoms with van der Waals surface area (Å²) in [6, 6.07) is 6.17. The third-order valence-electron chi connectivity index (χ3n) is 3.31. The molecule has 0 radical (unpaired) electrons. The molecule has 0 saturated carbocycles. The number of aromatic nitrogens is 1. The van der Waals surface area contributed by atoms with Crippen LogP contribution in [-0.4, -0.2) is 40.7 Å². The van der Waals surface area contributed by atoms with E-state index in [1.54, 1.807) is 0 Å². The summed E-state index contributed by atoms with van der Waals surface area (Å²) >= 11 is 0. The molecule has 0 spiro atoms. The molecule has 1 N–H and O–H groups in total. The van der Waals surface area contributed by atoms with Gasteiger partial charge in [-0.25, -0.2) is 4.98 Å². The molecule has 0 atom stereocenters. The first-order chi connectivity index (χ1) is 9.30. The summed E-state index contributed by atoms with van der Waals surface area (Å²) in [5.74, 6) is 0.955. The van der Waals surface area contributed by atoms with Gasteiger partial charge in [-0.3, -0.25) is 4.90 Å². The topological polar surface area (TPSA) is 37.4 Å². The van der Waals surface area contributed by atoms with Crippen LogP contribution in [0.5, 0.6) is 0 Å². The van der Waals surface area contributed by atoms with Gasteiger partial charge in [0.2, 0.25) is 0 Å². The van der Waals surface area contributed by atoms with Gasteiger partial charge < -0.3 is 10.1 Å². The standard InChI is InChI=1S/C16H27N3O/c1-6-17-14-9-7-8-13(18-14)10-19-11-15(2,3)20-16(4,5)12-19/h7-9H,6,10-12H2,1-5H3,(H,17,18). The average molecular weight is 277 g/mol. The van der Waals surface area contributed by atoms with Gasteiger partial charge in [0.25, 0.3) is 0 Å². The van der Waals surface area contributed by atoms with E-state index in [0.717, 1.165) is 37.7 Å². The fourth-order valence-corrected chi connectivity index (χ4v) is 3.13. The van der Waals surface area contributed by atoms with Gasteiger partial charge in [-0.05, 0) is 46.8 Å². The fourth-order valence-electron chi connectivity index (χ4n) is 3.13. The second kappa shape index (κ2) is 5.70. The largest absolute Gasteiger partial charge is 0.370 e. The van der Waals surface area contributed by atoms with Crippen molar-refractivity contribution in [2.24, 2.45) is 0 Å². The molecule has 0 bridgehead atoms. The van der Waals surface area contributed by atoms with Crippen molar-refractivity contribution in [2.45, 2.75) is 52.4 Å². The first kappa shape index (κ1) is 15.3. The Morgan fingerprint density at radius 1 is 1.20 bits per heavy atom. The Bertz CT molecular complexity index is 441. The number of hydrogen-bond donors (Lipinski definition) is 1. The molecule has 0 aromatic carbocycles. The van der Waals surface area contributed by atoms with Crippen molar-refractivity contribution in [3.63, 3.8) is 0 Å². The third-order valence-corrected chi connectivity index (χ3v) is 3.31. The third kappa shape index (κ3) is 4.18. The van der Waals surface area contributed by atoms with Crippen LogP contribution in [0.15, 0.2) is 18.2 Å². The number of ether oxygens (including phenoxy) is 1. The van der Waals surface area contributed by atoms with Crippen LogP contribution in [0.2, 0.25) is 0 Å². The molecular weight excluding hydrogens is 250 g/mol. The molecule has 4 heteroatoms. The van der Waals surface area contributed by atoms with E-state index in [4.69, 9.17) is 4.74 Å². The molecule has 1 aliphatic rings. The molecule has 1 aromatic heterocycles. The van der Waals surface area contributed by atoms with Crippen molar-refractivity contribution >= 4 is 5.82 Å². The highest BCUT2D eigenvalue weighted by Crippen LogP contribution is 2.28. The van der Waals surface area contributed by atoms with E-state index in [1.807, 2.05) is 6.07 Å². The van der Waals surface area contributed by atoms with Gasteiger partial charge in [0.05, 0.1) is 16.9 Å². The van der Waals surface area contributed by atoms with Crippen molar-refractivity contribution in [3.8, 4) is 0 Å². The summed E-state index contributed by atoms with van der Waals surface area (Å²) in [5.41, 5.74) is 0.888. The smallest absolute Gasteiger partial charge is 0.126 e. The van der Waals surface area contributed by atoms with E-state index in [9.17, 15) is 0 Å². The number of nitrogens with zero attached hydrogens (tertiary/aromatic N) is 2. The van der Waals surface area contributed by atoms with Gasteiger partial charge in [-0.2, -0.15) is 0 Å². The van der Waals surface area contributed by atoms with Crippen LogP contribution in [0.1, 0.15) is 40.3 Å². The number of hydrogen-bond acceptors (Lipinski definition) is 4. The minimum absolute atomic E-state index is 0.110. The van der Waals surface area contributed by atoms with Gasteiger partial charge >= 0.3 is 0 Å². The zero-order valence-electron chi connectivity index (χ0n) is 13.4. The van der Waals surface area contributed by atoms with E-state index in [1.165, 1.54) is 0 Å².